The first kappa shape index (κ1) is 18.7. The lowest BCUT2D eigenvalue weighted by Gasteiger charge is -2.14. The first-order valence-corrected chi connectivity index (χ1v) is 8.83. The zero-order chi connectivity index (χ0) is 19.6. The van der Waals surface area contributed by atoms with Gasteiger partial charge >= 0.3 is 0 Å². The number of halogens is 1. The van der Waals surface area contributed by atoms with Gasteiger partial charge in [-0.25, -0.2) is 4.90 Å². The highest BCUT2D eigenvalue weighted by Gasteiger charge is 2.39. The molecule has 2 aromatic carbocycles. The van der Waals surface area contributed by atoms with Gasteiger partial charge in [-0.3, -0.25) is 25.1 Å². The molecule has 0 aromatic heterocycles. The van der Waals surface area contributed by atoms with Crippen LogP contribution in [0.3, 0.4) is 0 Å². The van der Waals surface area contributed by atoms with Crippen molar-refractivity contribution in [3.05, 3.63) is 68.7 Å². The average Bonchev–Trinajstić information content (AvgIpc) is 2.94. The zero-order valence-corrected chi connectivity index (χ0v) is 15.8. The maximum Gasteiger partial charge on any atom is 0.269 e. The number of anilines is 1. The van der Waals surface area contributed by atoms with Crippen LogP contribution >= 0.6 is 15.9 Å². The summed E-state index contributed by atoms with van der Waals surface area (Å²) in [6.45, 7) is 1.80. The molecule has 9 heteroatoms. The van der Waals surface area contributed by atoms with Gasteiger partial charge in [-0.15, -0.1) is 0 Å². The van der Waals surface area contributed by atoms with Gasteiger partial charge in [0.05, 0.1) is 22.7 Å². The van der Waals surface area contributed by atoms with E-state index in [1.165, 1.54) is 24.3 Å². The number of nitrogens with zero attached hydrogens (tertiary/aromatic N) is 3. The molecule has 138 valence electrons. The lowest BCUT2D eigenvalue weighted by molar-refractivity contribution is -0.384. The number of imide groups is 1. The standard InChI is InChI=1S/C18H15BrN4O4/c1-11(12-2-4-13(19)5-3-12)20-21-16-10-17(24)22(18(16)25)14-6-8-15(9-7-14)23(26)27/h2-9,16,21H,10H2,1H3/b20-11+. The fourth-order valence-corrected chi connectivity index (χ4v) is 2.92. The molecule has 1 heterocycles. The van der Waals surface area contributed by atoms with Crippen LogP contribution in [0, 0.1) is 10.1 Å². The molecule has 2 aromatic rings. The SMILES string of the molecule is C/C(=N\NC1CC(=O)N(c2ccc([N+](=O)[O-])cc2)C1=O)c1ccc(Br)cc1. The highest BCUT2D eigenvalue weighted by molar-refractivity contribution is 9.10. The molecule has 1 N–H and O–H groups in total. The van der Waals surface area contributed by atoms with Crippen LogP contribution in [0.4, 0.5) is 11.4 Å². The van der Waals surface area contributed by atoms with Crippen molar-refractivity contribution in [3.8, 4) is 0 Å². The minimum Gasteiger partial charge on any atom is -0.297 e. The number of non-ortho nitro benzene ring substituents is 1. The van der Waals surface area contributed by atoms with Crippen LogP contribution < -0.4 is 10.3 Å². The Morgan fingerprint density at radius 1 is 1.19 bits per heavy atom. The van der Waals surface area contributed by atoms with Crippen LogP contribution in [0.5, 0.6) is 0 Å². The molecule has 0 bridgehead atoms. The molecular weight excluding hydrogens is 416 g/mol. The Labute approximate surface area is 163 Å². The Kier molecular flexibility index (Phi) is 5.31. The number of hydrogen-bond donors (Lipinski definition) is 1. The smallest absolute Gasteiger partial charge is 0.269 e. The molecule has 1 atom stereocenters. The van der Waals surface area contributed by atoms with Gasteiger partial charge in [0.25, 0.3) is 11.6 Å². The van der Waals surface area contributed by atoms with Crippen molar-refractivity contribution in [1.29, 1.82) is 0 Å². The van der Waals surface area contributed by atoms with Crippen LogP contribution in [-0.2, 0) is 9.59 Å². The third-order valence-corrected chi connectivity index (χ3v) is 4.64. The van der Waals surface area contributed by atoms with Gasteiger partial charge in [0.1, 0.15) is 6.04 Å². The van der Waals surface area contributed by atoms with Gasteiger partial charge in [-0.2, -0.15) is 5.10 Å². The summed E-state index contributed by atoms with van der Waals surface area (Å²) < 4.78 is 0.947. The van der Waals surface area contributed by atoms with Gasteiger partial charge in [-0.05, 0) is 36.8 Å². The van der Waals surface area contributed by atoms with Crippen molar-refractivity contribution in [1.82, 2.24) is 5.43 Å². The minimum atomic E-state index is -0.780. The van der Waals surface area contributed by atoms with Crippen LogP contribution in [-0.4, -0.2) is 28.5 Å². The maximum absolute atomic E-state index is 12.6. The molecule has 1 fully saturated rings. The van der Waals surface area contributed by atoms with E-state index in [0.717, 1.165) is 14.9 Å². The number of carbonyl (C=O) groups excluding carboxylic acids is 2. The maximum atomic E-state index is 12.6. The summed E-state index contributed by atoms with van der Waals surface area (Å²) in [5.74, 6) is -0.830. The normalized spacial score (nSPS) is 17.3. The summed E-state index contributed by atoms with van der Waals surface area (Å²) >= 11 is 3.36. The lowest BCUT2D eigenvalue weighted by Crippen LogP contribution is -2.37. The van der Waals surface area contributed by atoms with Gasteiger partial charge in [-0.1, -0.05) is 28.1 Å². The molecular formula is C18H15BrN4O4. The van der Waals surface area contributed by atoms with E-state index < -0.39 is 16.9 Å². The summed E-state index contributed by atoms with van der Waals surface area (Å²) in [6.07, 6.45) is -0.0348. The van der Waals surface area contributed by atoms with E-state index in [1.54, 1.807) is 6.92 Å². The molecule has 1 saturated heterocycles. The van der Waals surface area contributed by atoms with E-state index in [1.807, 2.05) is 24.3 Å². The highest BCUT2D eigenvalue weighted by Crippen LogP contribution is 2.25. The minimum absolute atomic E-state index is 0.0348. The monoisotopic (exact) mass is 430 g/mol. The quantitative estimate of drug-likeness (QED) is 0.339. The predicted molar refractivity (Wildman–Crippen MR) is 103 cm³/mol. The number of carbonyl (C=O) groups is 2. The van der Waals surface area contributed by atoms with Crippen molar-refractivity contribution < 1.29 is 14.5 Å². The molecule has 1 unspecified atom stereocenters. The third-order valence-electron chi connectivity index (χ3n) is 4.12. The molecule has 1 aliphatic rings. The van der Waals surface area contributed by atoms with Gasteiger partial charge in [0.2, 0.25) is 5.91 Å². The Morgan fingerprint density at radius 2 is 1.81 bits per heavy atom. The van der Waals surface area contributed by atoms with Crippen LogP contribution in [0.15, 0.2) is 58.1 Å². The highest BCUT2D eigenvalue weighted by atomic mass is 79.9. The first-order chi connectivity index (χ1) is 12.9. The van der Waals surface area contributed by atoms with Gasteiger partial charge in [0, 0.05) is 16.6 Å². The summed E-state index contributed by atoms with van der Waals surface area (Å²) in [4.78, 5) is 36.0. The fourth-order valence-electron chi connectivity index (χ4n) is 2.66. The van der Waals surface area contributed by atoms with Crippen molar-refractivity contribution in [2.24, 2.45) is 5.10 Å². The van der Waals surface area contributed by atoms with Gasteiger partial charge < -0.3 is 0 Å². The second kappa shape index (κ2) is 7.67. The van der Waals surface area contributed by atoms with E-state index in [4.69, 9.17) is 0 Å². The van der Waals surface area contributed by atoms with Gasteiger partial charge in [0.15, 0.2) is 0 Å². The Morgan fingerprint density at radius 3 is 2.41 bits per heavy atom. The zero-order valence-electron chi connectivity index (χ0n) is 14.3. The number of amides is 2. The second-order valence-electron chi connectivity index (χ2n) is 5.93. The lowest BCUT2D eigenvalue weighted by atomic mass is 10.1. The molecule has 0 radical (unpaired) electrons. The Hall–Kier alpha value is -3.07. The number of hydrazone groups is 1. The molecule has 1 aliphatic heterocycles. The van der Waals surface area contributed by atoms with E-state index in [9.17, 15) is 19.7 Å². The summed E-state index contributed by atoms with van der Waals surface area (Å²) in [7, 11) is 0. The molecule has 0 aliphatic carbocycles. The van der Waals surface area contributed by atoms with Crippen molar-refractivity contribution in [2.45, 2.75) is 19.4 Å². The largest absolute Gasteiger partial charge is 0.297 e. The summed E-state index contributed by atoms with van der Waals surface area (Å²) in [5.41, 5.74) is 4.51. The Balaban J connectivity index is 1.73. The number of nitro groups is 1. The molecule has 3 rings (SSSR count). The number of nitro benzene ring substituents is 1. The van der Waals surface area contributed by atoms with Crippen molar-refractivity contribution >= 4 is 44.8 Å². The summed E-state index contributed by atoms with van der Waals surface area (Å²) in [5, 5.41) is 14.9. The van der Waals surface area contributed by atoms with Crippen LogP contribution in [0.25, 0.3) is 0 Å². The Bertz CT molecular complexity index is 925. The van der Waals surface area contributed by atoms with E-state index in [-0.39, 0.29) is 18.0 Å². The van der Waals surface area contributed by atoms with Crippen LogP contribution in [0.1, 0.15) is 18.9 Å². The topological polar surface area (TPSA) is 105 Å². The van der Waals surface area contributed by atoms with Crippen LogP contribution in [0.2, 0.25) is 0 Å². The predicted octanol–water partition coefficient (Wildman–Crippen LogP) is 3.00. The molecule has 8 nitrogen and oxygen atoms in total. The third kappa shape index (κ3) is 4.03. The molecule has 2 amide bonds. The number of hydrogen-bond acceptors (Lipinski definition) is 6. The molecule has 27 heavy (non-hydrogen) atoms. The first-order valence-electron chi connectivity index (χ1n) is 8.04. The average molecular weight is 431 g/mol. The second-order valence-corrected chi connectivity index (χ2v) is 6.85. The van der Waals surface area contributed by atoms with Crippen molar-refractivity contribution in [2.75, 3.05) is 4.90 Å². The van der Waals surface area contributed by atoms with E-state index in [0.29, 0.717) is 11.4 Å². The summed E-state index contributed by atoms with van der Waals surface area (Å²) in [6, 6.07) is 12.0. The number of nitrogens with one attached hydrogen (secondary N) is 1. The van der Waals surface area contributed by atoms with E-state index >= 15 is 0 Å². The fraction of sp³-hybridized carbons (Fsp3) is 0.167. The molecule has 0 saturated carbocycles. The number of rotatable bonds is 5. The van der Waals surface area contributed by atoms with E-state index in [2.05, 4.69) is 26.5 Å². The van der Waals surface area contributed by atoms with Crippen molar-refractivity contribution in [3.63, 3.8) is 0 Å². The molecule has 0 spiro atoms. The number of benzene rings is 2.